The Kier molecular flexibility index (Phi) is 1.83. The molecule has 2 aromatic rings. The normalized spacial score (nSPS) is 10.0. The summed E-state index contributed by atoms with van der Waals surface area (Å²) in [6, 6.07) is 0. The zero-order chi connectivity index (χ0) is 8.55. The van der Waals surface area contributed by atoms with Crippen molar-refractivity contribution >= 4 is 37.5 Å². The SMILES string of the molecule is C#Cc1csc2ncnc(Br)c12. The molecule has 2 rings (SSSR count). The van der Waals surface area contributed by atoms with E-state index in [4.69, 9.17) is 6.42 Å². The summed E-state index contributed by atoms with van der Waals surface area (Å²) in [5.74, 6) is 2.59. The van der Waals surface area contributed by atoms with Crippen molar-refractivity contribution in [2.24, 2.45) is 0 Å². The molecule has 0 aliphatic heterocycles. The second kappa shape index (κ2) is 2.85. The Morgan fingerprint density at radius 1 is 1.50 bits per heavy atom. The number of thiophene rings is 1. The minimum absolute atomic E-state index is 0.765. The van der Waals surface area contributed by atoms with Gasteiger partial charge in [-0.25, -0.2) is 9.97 Å². The lowest BCUT2D eigenvalue weighted by atomic mass is 10.3. The van der Waals surface area contributed by atoms with Gasteiger partial charge in [-0.05, 0) is 15.9 Å². The van der Waals surface area contributed by atoms with Gasteiger partial charge in [0.25, 0.3) is 0 Å². The molecule has 0 aliphatic rings. The predicted octanol–water partition coefficient (Wildman–Crippen LogP) is 2.44. The van der Waals surface area contributed by atoms with Crippen LogP contribution < -0.4 is 0 Å². The van der Waals surface area contributed by atoms with Crippen LogP contribution in [-0.4, -0.2) is 9.97 Å². The van der Waals surface area contributed by atoms with Crippen molar-refractivity contribution in [1.29, 1.82) is 0 Å². The average molecular weight is 239 g/mol. The number of nitrogens with zero attached hydrogens (tertiary/aromatic N) is 2. The third-order valence-electron chi connectivity index (χ3n) is 1.48. The van der Waals surface area contributed by atoms with Crippen LogP contribution in [0.5, 0.6) is 0 Å². The van der Waals surface area contributed by atoms with E-state index >= 15 is 0 Å². The molecule has 0 radical (unpaired) electrons. The van der Waals surface area contributed by atoms with E-state index in [1.54, 1.807) is 0 Å². The number of aromatic nitrogens is 2. The Balaban J connectivity index is 2.95. The van der Waals surface area contributed by atoms with Crippen molar-refractivity contribution in [3.05, 3.63) is 21.9 Å². The molecule has 2 aromatic heterocycles. The molecule has 2 heterocycles. The Morgan fingerprint density at radius 2 is 2.33 bits per heavy atom. The number of rotatable bonds is 0. The molecule has 0 spiro atoms. The number of halogens is 1. The van der Waals surface area contributed by atoms with Crippen LogP contribution in [0.2, 0.25) is 0 Å². The summed E-state index contributed by atoms with van der Waals surface area (Å²) < 4.78 is 0.765. The molecule has 58 valence electrons. The van der Waals surface area contributed by atoms with E-state index in [9.17, 15) is 0 Å². The molecule has 0 bridgehead atoms. The maximum Gasteiger partial charge on any atom is 0.129 e. The van der Waals surface area contributed by atoms with E-state index < -0.39 is 0 Å². The number of fused-ring (bicyclic) bond motifs is 1. The Morgan fingerprint density at radius 3 is 3.08 bits per heavy atom. The van der Waals surface area contributed by atoms with Crippen LogP contribution in [-0.2, 0) is 0 Å². The second-order valence-corrected chi connectivity index (χ2v) is 3.75. The van der Waals surface area contributed by atoms with Crippen molar-refractivity contribution in [3.63, 3.8) is 0 Å². The van der Waals surface area contributed by atoms with Crippen molar-refractivity contribution in [3.8, 4) is 12.3 Å². The molecule has 12 heavy (non-hydrogen) atoms. The summed E-state index contributed by atoms with van der Waals surface area (Å²) in [6.07, 6.45) is 6.83. The first kappa shape index (κ1) is 7.71. The summed E-state index contributed by atoms with van der Waals surface area (Å²) >= 11 is 4.86. The zero-order valence-corrected chi connectivity index (χ0v) is 8.32. The predicted molar refractivity (Wildman–Crippen MR) is 53.1 cm³/mol. The van der Waals surface area contributed by atoms with Crippen LogP contribution in [0.15, 0.2) is 16.3 Å². The summed E-state index contributed by atoms with van der Waals surface area (Å²) in [5.41, 5.74) is 0.850. The Bertz CT molecular complexity index is 469. The first-order valence-corrected chi connectivity index (χ1v) is 4.84. The van der Waals surface area contributed by atoms with Gasteiger partial charge in [0.1, 0.15) is 15.8 Å². The van der Waals surface area contributed by atoms with E-state index in [1.165, 1.54) is 17.7 Å². The van der Waals surface area contributed by atoms with Gasteiger partial charge in [0.15, 0.2) is 0 Å². The highest BCUT2D eigenvalue weighted by molar-refractivity contribution is 9.10. The summed E-state index contributed by atoms with van der Waals surface area (Å²) in [4.78, 5) is 9.02. The second-order valence-electron chi connectivity index (χ2n) is 2.14. The van der Waals surface area contributed by atoms with E-state index in [2.05, 4.69) is 31.8 Å². The fourth-order valence-corrected chi connectivity index (χ4v) is 2.42. The van der Waals surface area contributed by atoms with E-state index in [0.29, 0.717) is 0 Å². The monoisotopic (exact) mass is 238 g/mol. The minimum Gasteiger partial charge on any atom is -0.229 e. The first-order valence-electron chi connectivity index (χ1n) is 3.17. The number of terminal acetylenes is 1. The van der Waals surface area contributed by atoms with Gasteiger partial charge in [0, 0.05) is 10.9 Å². The van der Waals surface area contributed by atoms with E-state index in [-0.39, 0.29) is 0 Å². The molecule has 0 aromatic carbocycles. The highest BCUT2D eigenvalue weighted by Gasteiger charge is 2.06. The molecular formula is C8H3BrN2S. The summed E-state index contributed by atoms with van der Waals surface area (Å²) in [5, 5.41) is 2.84. The average Bonchev–Trinajstić information content (AvgIpc) is 2.49. The summed E-state index contributed by atoms with van der Waals surface area (Å²) in [7, 11) is 0. The maximum absolute atomic E-state index is 5.31. The van der Waals surface area contributed by atoms with Gasteiger partial charge in [-0.1, -0.05) is 5.92 Å². The smallest absolute Gasteiger partial charge is 0.129 e. The number of hydrogen-bond acceptors (Lipinski definition) is 3. The number of hydrogen-bond donors (Lipinski definition) is 0. The lowest BCUT2D eigenvalue weighted by Crippen LogP contribution is -1.80. The van der Waals surface area contributed by atoms with Crippen molar-refractivity contribution in [2.45, 2.75) is 0 Å². The third-order valence-corrected chi connectivity index (χ3v) is 2.97. The molecule has 0 N–H and O–H groups in total. The molecule has 0 unspecified atom stereocenters. The third kappa shape index (κ3) is 1.02. The molecule has 2 nitrogen and oxygen atoms in total. The molecule has 0 saturated heterocycles. The molecule has 4 heteroatoms. The lowest BCUT2D eigenvalue weighted by Gasteiger charge is -1.91. The quantitative estimate of drug-likeness (QED) is 0.521. The summed E-state index contributed by atoms with van der Waals surface area (Å²) in [6.45, 7) is 0. The van der Waals surface area contributed by atoms with Crippen LogP contribution in [0.4, 0.5) is 0 Å². The van der Waals surface area contributed by atoms with E-state index in [0.717, 1.165) is 20.4 Å². The lowest BCUT2D eigenvalue weighted by molar-refractivity contribution is 1.20. The maximum atomic E-state index is 5.31. The Labute approximate surface area is 81.8 Å². The molecule has 0 atom stereocenters. The molecule has 0 fully saturated rings. The van der Waals surface area contributed by atoms with Crippen LogP contribution >= 0.6 is 27.3 Å². The van der Waals surface area contributed by atoms with E-state index in [1.807, 2.05) is 5.38 Å². The van der Waals surface area contributed by atoms with Crippen molar-refractivity contribution < 1.29 is 0 Å². The van der Waals surface area contributed by atoms with Gasteiger partial charge in [-0.2, -0.15) is 0 Å². The standard InChI is InChI=1S/C8H3BrN2S/c1-2-5-3-12-8-6(5)7(9)10-4-11-8/h1,3-4H. The zero-order valence-electron chi connectivity index (χ0n) is 5.91. The van der Waals surface area contributed by atoms with Crippen molar-refractivity contribution in [1.82, 2.24) is 9.97 Å². The van der Waals surface area contributed by atoms with Gasteiger partial charge in [-0.15, -0.1) is 17.8 Å². The highest BCUT2D eigenvalue weighted by atomic mass is 79.9. The van der Waals surface area contributed by atoms with Gasteiger partial charge < -0.3 is 0 Å². The molecular weight excluding hydrogens is 236 g/mol. The largest absolute Gasteiger partial charge is 0.229 e. The van der Waals surface area contributed by atoms with Crippen LogP contribution in [0.1, 0.15) is 5.56 Å². The van der Waals surface area contributed by atoms with Gasteiger partial charge in [-0.3, -0.25) is 0 Å². The van der Waals surface area contributed by atoms with Crippen LogP contribution in [0, 0.1) is 12.3 Å². The highest BCUT2D eigenvalue weighted by Crippen LogP contribution is 2.28. The van der Waals surface area contributed by atoms with Crippen LogP contribution in [0.25, 0.3) is 10.2 Å². The fourth-order valence-electron chi connectivity index (χ4n) is 0.945. The van der Waals surface area contributed by atoms with Gasteiger partial charge >= 0.3 is 0 Å². The topological polar surface area (TPSA) is 25.8 Å². The molecule has 0 amide bonds. The minimum atomic E-state index is 0.765. The molecule has 0 saturated carbocycles. The molecule has 0 aliphatic carbocycles. The first-order chi connectivity index (χ1) is 5.83. The van der Waals surface area contributed by atoms with Crippen molar-refractivity contribution in [2.75, 3.05) is 0 Å². The van der Waals surface area contributed by atoms with Gasteiger partial charge in [0.2, 0.25) is 0 Å². The fraction of sp³-hybridized carbons (Fsp3) is 0. The van der Waals surface area contributed by atoms with Crippen LogP contribution in [0.3, 0.4) is 0 Å². The Hall–Kier alpha value is -0.920. The van der Waals surface area contributed by atoms with Gasteiger partial charge in [0.05, 0.1) is 5.39 Å².